The summed E-state index contributed by atoms with van der Waals surface area (Å²) >= 11 is 0. The molecular weight excluding hydrogens is 496 g/mol. The number of allylic oxidation sites excluding steroid dienone is 2. The van der Waals surface area contributed by atoms with E-state index in [0.29, 0.717) is 11.8 Å². The largest absolute Gasteiger partial charge is 0.486 e. The molecule has 2 saturated carbocycles. The highest BCUT2D eigenvalue weighted by atomic mass is 19.2. The van der Waals surface area contributed by atoms with Crippen LogP contribution in [0.25, 0.3) is 0 Å². The van der Waals surface area contributed by atoms with Crippen LogP contribution in [0.15, 0.2) is 49.1 Å². The van der Waals surface area contributed by atoms with Crippen LogP contribution in [-0.2, 0) is 0 Å². The lowest BCUT2D eigenvalue weighted by Gasteiger charge is -2.42. The van der Waals surface area contributed by atoms with Crippen LogP contribution in [0.5, 0.6) is 11.5 Å². The van der Waals surface area contributed by atoms with Crippen LogP contribution in [0.2, 0.25) is 0 Å². The molecule has 0 radical (unpaired) electrons. The molecule has 4 rings (SSSR count). The molecule has 0 heterocycles. The number of carbonyl (C=O) groups is 1. The molecule has 0 N–H and O–H groups in total. The molecule has 2 aromatic carbocycles. The quantitative estimate of drug-likeness (QED) is 0.141. The first-order chi connectivity index (χ1) is 18.3. The van der Waals surface area contributed by atoms with Crippen LogP contribution in [0.1, 0.15) is 80.1 Å². The zero-order valence-electron chi connectivity index (χ0n) is 21.7. The minimum absolute atomic E-state index is 0.0495. The van der Waals surface area contributed by atoms with E-state index in [1.54, 1.807) is 0 Å². The van der Waals surface area contributed by atoms with Crippen LogP contribution in [0.4, 0.5) is 17.6 Å². The van der Waals surface area contributed by atoms with E-state index in [0.717, 1.165) is 56.2 Å². The maximum atomic E-state index is 15.2. The maximum absolute atomic E-state index is 15.2. The van der Waals surface area contributed by atoms with Crippen molar-refractivity contribution in [2.45, 2.75) is 64.2 Å². The van der Waals surface area contributed by atoms with Crippen LogP contribution < -0.4 is 9.47 Å². The first-order valence-electron chi connectivity index (χ1n) is 13.4. The number of esters is 1. The first kappa shape index (κ1) is 27.9. The second-order valence-corrected chi connectivity index (χ2v) is 10.4. The molecule has 4 atom stereocenters. The summed E-state index contributed by atoms with van der Waals surface area (Å²) in [5, 5.41) is 0. The topological polar surface area (TPSA) is 35.5 Å². The number of benzene rings is 2. The van der Waals surface area contributed by atoms with Gasteiger partial charge in [-0.2, -0.15) is 8.78 Å². The number of carbonyl (C=O) groups excluding carboxylic acids is 1. The van der Waals surface area contributed by atoms with Gasteiger partial charge in [0.25, 0.3) is 0 Å². The van der Waals surface area contributed by atoms with Gasteiger partial charge < -0.3 is 9.47 Å². The van der Waals surface area contributed by atoms with Gasteiger partial charge >= 0.3 is 5.97 Å². The fourth-order valence-corrected chi connectivity index (χ4v) is 6.07. The lowest BCUT2D eigenvalue weighted by atomic mass is 9.63. The zero-order valence-corrected chi connectivity index (χ0v) is 21.7. The normalized spacial score (nSPS) is 23.2. The van der Waals surface area contributed by atoms with Crippen molar-refractivity contribution in [2.24, 2.45) is 17.8 Å². The number of hydrogen-bond acceptors (Lipinski definition) is 3. The monoisotopic (exact) mass is 530 g/mol. The van der Waals surface area contributed by atoms with Gasteiger partial charge in [-0.1, -0.05) is 37.3 Å². The number of fused-ring (bicyclic) bond motifs is 1. The van der Waals surface area contributed by atoms with E-state index in [2.05, 4.69) is 18.7 Å². The molecule has 4 unspecified atom stereocenters. The van der Waals surface area contributed by atoms with Crippen molar-refractivity contribution in [3.8, 4) is 11.5 Å². The van der Waals surface area contributed by atoms with E-state index in [-0.39, 0.29) is 23.8 Å². The fraction of sp³-hybridized carbons (Fsp3) is 0.452. The summed E-state index contributed by atoms with van der Waals surface area (Å²) < 4.78 is 68.6. The van der Waals surface area contributed by atoms with Crippen molar-refractivity contribution in [3.05, 3.63) is 83.5 Å². The average molecular weight is 531 g/mol. The van der Waals surface area contributed by atoms with Gasteiger partial charge in [-0.3, -0.25) is 0 Å². The third-order valence-electron chi connectivity index (χ3n) is 8.04. The van der Waals surface area contributed by atoms with Crippen molar-refractivity contribution in [2.75, 3.05) is 6.61 Å². The van der Waals surface area contributed by atoms with E-state index in [1.165, 1.54) is 31.4 Å². The maximum Gasteiger partial charge on any atom is 0.346 e. The van der Waals surface area contributed by atoms with E-state index in [4.69, 9.17) is 9.47 Å². The van der Waals surface area contributed by atoms with Gasteiger partial charge in [0.1, 0.15) is 6.61 Å². The van der Waals surface area contributed by atoms with Crippen molar-refractivity contribution in [1.29, 1.82) is 0 Å². The number of ether oxygens (including phenoxy) is 2. The molecule has 7 heteroatoms. The molecule has 0 saturated heterocycles. The third-order valence-corrected chi connectivity index (χ3v) is 8.04. The van der Waals surface area contributed by atoms with Gasteiger partial charge in [0.2, 0.25) is 11.6 Å². The van der Waals surface area contributed by atoms with Crippen LogP contribution >= 0.6 is 0 Å². The van der Waals surface area contributed by atoms with Crippen molar-refractivity contribution < 1.29 is 31.8 Å². The minimum Gasteiger partial charge on any atom is -0.486 e. The molecule has 2 aromatic rings. The molecule has 38 heavy (non-hydrogen) atoms. The fourth-order valence-electron chi connectivity index (χ4n) is 6.07. The standard InChI is InChI=1S/C31H34F4O3/c1-3-5-6-7-19-8-9-21-18-22(11-10-20(21)17-19)23-12-13-24(28(33)27(23)32)31(36)38-26-15-14-25(37-16-4-2)29(34)30(26)35/h3-5,12-15,19-22H,2,6-11,16-18H2,1H3/b5-3+. The number of halogens is 4. The van der Waals surface area contributed by atoms with E-state index in [1.807, 2.05) is 6.92 Å². The molecule has 0 aliphatic heterocycles. The Morgan fingerprint density at radius 2 is 1.63 bits per heavy atom. The minimum atomic E-state index is -1.47. The Morgan fingerprint density at radius 1 is 0.921 bits per heavy atom. The lowest BCUT2D eigenvalue weighted by Crippen LogP contribution is -2.30. The Bertz CT molecular complexity index is 1190. The highest BCUT2D eigenvalue weighted by Gasteiger charge is 2.37. The van der Waals surface area contributed by atoms with Gasteiger partial charge in [0, 0.05) is 0 Å². The molecule has 204 valence electrons. The smallest absolute Gasteiger partial charge is 0.346 e. The SMILES string of the molecule is C=CCOc1ccc(OC(=O)c2ccc(C3CCC4CC(CC/C=C/C)CCC4C3)c(F)c2F)c(F)c1F. The summed E-state index contributed by atoms with van der Waals surface area (Å²) in [5.74, 6) is -5.96. The average Bonchev–Trinajstić information content (AvgIpc) is 2.92. The van der Waals surface area contributed by atoms with Crippen molar-refractivity contribution >= 4 is 5.97 Å². The van der Waals surface area contributed by atoms with Gasteiger partial charge in [0.15, 0.2) is 23.1 Å². The predicted molar refractivity (Wildman–Crippen MR) is 138 cm³/mol. The Morgan fingerprint density at radius 3 is 2.39 bits per heavy atom. The van der Waals surface area contributed by atoms with Crippen LogP contribution in [-0.4, -0.2) is 12.6 Å². The molecule has 3 nitrogen and oxygen atoms in total. The lowest BCUT2D eigenvalue weighted by molar-refractivity contribution is 0.0720. The first-order valence-corrected chi connectivity index (χ1v) is 13.4. The van der Waals surface area contributed by atoms with Crippen molar-refractivity contribution in [1.82, 2.24) is 0 Å². The third kappa shape index (κ3) is 6.13. The molecule has 2 fully saturated rings. The highest BCUT2D eigenvalue weighted by molar-refractivity contribution is 5.91. The van der Waals surface area contributed by atoms with Crippen molar-refractivity contribution in [3.63, 3.8) is 0 Å². The van der Waals surface area contributed by atoms with Crippen LogP contribution in [0.3, 0.4) is 0 Å². The summed E-state index contributed by atoms with van der Waals surface area (Å²) in [7, 11) is 0. The zero-order chi connectivity index (χ0) is 27.2. The molecule has 0 spiro atoms. The predicted octanol–water partition coefficient (Wildman–Crippen LogP) is 8.68. The van der Waals surface area contributed by atoms with Gasteiger partial charge in [-0.25, -0.2) is 13.6 Å². The summed E-state index contributed by atoms with van der Waals surface area (Å²) in [6, 6.07) is 4.66. The molecule has 0 bridgehead atoms. The van der Waals surface area contributed by atoms with E-state index < -0.39 is 40.6 Å². The number of rotatable bonds is 9. The van der Waals surface area contributed by atoms with Gasteiger partial charge in [-0.05, 0) is 99.3 Å². The highest BCUT2D eigenvalue weighted by Crippen LogP contribution is 2.49. The summed E-state index contributed by atoms with van der Waals surface area (Å²) in [4.78, 5) is 12.5. The Hall–Kier alpha value is -3.09. The van der Waals surface area contributed by atoms with E-state index in [9.17, 15) is 13.6 Å². The summed E-state index contributed by atoms with van der Waals surface area (Å²) in [6.45, 7) is 5.41. The second kappa shape index (κ2) is 12.6. The van der Waals surface area contributed by atoms with Crippen LogP contribution in [0, 0.1) is 41.0 Å². The Kier molecular flexibility index (Phi) is 9.29. The summed E-state index contributed by atoms with van der Waals surface area (Å²) in [5.41, 5.74) is -0.415. The summed E-state index contributed by atoms with van der Waals surface area (Å²) in [6.07, 6.45) is 14.0. The van der Waals surface area contributed by atoms with E-state index >= 15 is 8.78 Å². The molecular formula is C31H34F4O3. The second-order valence-electron chi connectivity index (χ2n) is 10.4. The number of hydrogen-bond donors (Lipinski definition) is 0. The Balaban J connectivity index is 1.42. The molecule has 2 aliphatic carbocycles. The van der Waals surface area contributed by atoms with Gasteiger partial charge in [0.05, 0.1) is 5.56 Å². The van der Waals surface area contributed by atoms with Gasteiger partial charge in [-0.15, -0.1) is 0 Å². The molecule has 0 amide bonds. The molecule has 2 aliphatic rings. The molecule has 0 aromatic heterocycles. The Labute approximate surface area is 221 Å².